The van der Waals surface area contributed by atoms with Gasteiger partial charge < -0.3 is 10.6 Å². The summed E-state index contributed by atoms with van der Waals surface area (Å²) < 4.78 is 1.64. The van der Waals surface area contributed by atoms with Crippen molar-refractivity contribution in [3.8, 4) is 5.69 Å². The van der Waals surface area contributed by atoms with E-state index in [9.17, 15) is 0 Å². The number of halogens is 1. The molecule has 112 valence electrons. The van der Waals surface area contributed by atoms with E-state index in [1.807, 2.05) is 30.3 Å². The number of benzene rings is 1. The van der Waals surface area contributed by atoms with E-state index < -0.39 is 0 Å². The smallest absolute Gasteiger partial charge is 0.247 e. The van der Waals surface area contributed by atoms with E-state index in [4.69, 9.17) is 11.6 Å². The number of aromatic nitrogens is 6. The molecule has 2 aromatic heterocycles. The minimum absolute atomic E-state index is 0.505. The van der Waals surface area contributed by atoms with Crippen molar-refractivity contribution < 1.29 is 0 Å². The Morgan fingerprint density at radius 3 is 2.50 bits per heavy atom. The van der Waals surface area contributed by atoms with E-state index in [1.165, 1.54) is 0 Å². The van der Waals surface area contributed by atoms with Crippen LogP contribution in [-0.4, -0.2) is 43.3 Å². The minimum Gasteiger partial charge on any atom is -0.352 e. The maximum Gasteiger partial charge on any atom is 0.247 e. The average Bonchev–Trinajstić information content (AvgIpc) is 3.02. The predicted octanol–water partition coefficient (Wildman–Crippen LogP) is 1.63. The van der Waals surface area contributed by atoms with Crippen LogP contribution in [0.4, 0.5) is 11.9 Å². The zero-order valence-corrected chi connectivity index (χ0v) is 12.3. The number of tetrazole rings is 1. The molecule has 0 fully saturated rings. The normalized spacial score (nSPS) is 10.4. The van der Waals surface area contributed by atoms with Crippen LogP contribution in [0.1, 0.15) is 0 Å². The first-order valence-corrected chi connectivity index (χ1v) is 7.00. The summed E-state index contributed by atoms with van der Waals surface area (Å²) in [5.74, 6) is 1.10. The molecule has 2 heterocycles. The molecule has 0 saturated carbocycles. The van der Waals surface area contributed by atoms with Crippen LogP contribution in [0.15, 0.2) is 42.7 Å². The first-order chi connectivity index (χ1) is 10.8. The zero-order valence-electron chi connectivity index (χ0n) is 11.5. The lowest BCUT2D eigenvalue weighted by Crippen LogP contribution is -2.17. The Morgan fingerprint density at radius 2 is 1.73 bits per heavy atom. The van der Waals surface area contributed by atoms with Gasteiger partial charge in [0.15, 0.2) is 0 Å². The van der Waals surface area contributed by atoms with Crippen LogP contribution in [0.5, 0.6) is 0 Å². The second-order valence-corrected chi connectivity index (χ2v) is 4.76. The number of hydrogen-bond acceptors (Lipinski definition) is 7. The minimum atomic E-state index is 0.505. The van der Waals surface area contributed by atoms with Gasteiger partial charge in [0, 0.05) is 13.1 Å². The summed E-state index contributed by atoms with van der Waals surface area (Å²) in [6.07, 6.45) is 3.08. The summed E-state index contributed by atoms with van der Waals surface area (Å²) in [5, 5.41) is 18.3. The molecule has 0 bridgehead atoms. The van der Waals surface area contributed by atoms with Crippen LogP contribution in [0.2, 0.25) is 5.02 Å². The van der Waals surface area contributed by atoms with Crippen molar-refractivity contribution in [2.24, 2.45) is 0 Å². The lowest BCUT2D eigenvalue weighted by Gasteiger charge is -2.07. The van der Waals surface area contributed by atoms with Gasteiger partial charge in [-0.05, 0) is 22.6 Å². The van der Waals surface area contributed by atoms with Crippen molar-refractivity contribution in [3.63, 3.8) is 0 Å². The summed E-state index contributed by atoms with van der Waals surface area (Å²) in [5.41, 5.74) is 0.893. The van der Waals surface area contributed by atoms with Crippen molar-refractivity contribution in [1.29, 1.82) is 0 Å². The van der Waals surface area contributed by atoms with Gasteiger partial charge in [0.1, 0.15) is 0 Å². The van der Waals surface area contributed by atoms with Gasteiger partial charge in [-0.2, -0.15) is 4.68 Å². The van der Waals surface area contributed by atoms with Gasteiger partial charge in [-0.3, -0.25) is 0 Å². The molecule has 2 N–H and O–H groups in total. The van der Waals surface area contributed by atoms with Crippen LogP contribution >= 0.6 is 11.6 Å². The summed E-state index contributed by atoms with van der Waals surface area (Å²) in [4.78, 5) is 8.10. The maximum atomic E-state index is 5.73. The summed E-state index contributed by atoms with van der Waals surface area (Å²) in [6, 6.07) is 9.67. The highest BCUT2D eigenvalue weighted by Gasteiger charge is 2.06. The van der Waals surface area contributed by atoms with Crippen LogP contribution in [0, 0.1) is 0 Å². The lowest BCUT2D eigenvalue weighted by atomic mass is 10.3. The number of nitrogens with zero attached hydrogens (tertiary/aromatic N) is 6. The van der Waals surface area contributed by atoms with Crippen LogP contribution in [0.3, 0.4) is 0 Å². The van der Waals surface area contributed by atoms with Crippen molar-refractivity contribution in [2.75, 3.05) is 23.7 Å². The van der Waals surface area contributed by atoms with Gasteiger partial charge in [-0.25, -0.2) is 9.97 Å². The van der Waals surface area contributed by atoms with Gasteiger partial charge in [0.05, 0.1) is 23.1 Å². The summed E-state index contributed by atoms with van der Waals surface area (Å²) >= 11 is 5.73. The van der Waals surface area contributed by atoms with E-state index in [-0.39, 0.29) is 0 Å². The monoisotopic (exact) mass is 316 g/mol. The highest BCUT2D eigenvalue weighted by atomic mass is 35.5. The number of rotatable bonds is 6. The second kappa shape index (κ2) is 6.81. The molecule has 0 radical (unpaired) electrons. The van der Waals surface area contributed by atoms with Gasteiger partial charge in [0.25, 0.3) is 0 Å². The van der Waals surface area contributed by atoms with Crippen molar-refractivity contribution in [1.82, 2.24) is 30.2 Å². The highest BCUT2D eigenvalue weighted by molar-refractivity contribution is 6.30. The number of nitrogens with one attached hydrogen (secondary N) is 2. The van der Waals surface area contributed by atoms with Crippen LogP contribution < -0.4 is 10.6 Å². The SMILES string of the molecule is Clc1cnc(NCCNc2nnnn2-c2ccccc2)nc1. The van der Waals surface area contributed by atoms with Crippen LogP contribution in [0.25, 0.3) is 5.69 Å². The molecule has 0 atom stereocenters. The second-order valence-electron chi connectivity index (χ2n) is 4.33. The molecule has 0 amide bonds. The third-order valence-corrected chi connectivity index (χ3v) is 2.98. The fourth-order valence-electron chi connectivity index (χ4n) is 1.79. The molecule has 22 heavy (non-hydrogen) atoms. The molecule has 0 aliphatic carbocycles. The fraction of sp³-hybridized carbons (Fsp3) is 0.154. The van der Waals surface area contributed by atoms with Gasteiger partial charge >= 0.3 is 0 Å². The molecule has 0 unspecified atom stereocenters. The summed E-state index contributed by atoms with van der Waals surface area (Å²) in [6.45, 7) is 1.22. The average molecular weight is 317 g/mol. The molecule has 3 aromatic rings. The third-order valence-electron chi connectivity index (χ3n) is 2.78. The van der Waals surface area contributed by atoms with E-state index in [0.717, 1.165) is 5.69 Å². The Labute approximate surface area is 131 Å². The zero-order chi connectivity index (χ0) is 15.2. The fourth-order valence-corrected chi connectivity index (χ4v) is 1.89. The Hall–Kier alpha value is -2.74. The largest absolute Gasteiger partial charge is 0.352 e. The predicted molar refractivity (Wildman–Crippen MR) is 83.2 cm³/mol. The van der Waals surface area contributed by atoms with Crippen molar-refractivity contribution >= 4 is 23.5 Å². The summed E-state index contributed by atoms with van der Waals surface area (Å²) in [7, 11) is 0. The Morgan fingerprint density at radius 1 is 1.00 bits per heavy atom. The number of anilines is 2. The number of para-hydroxylation sites is 1. The van der Waals surface area contributed by atoms with E-state index in [2.05, 4.69) is 36.1 Å². The highest BCUT2D eigenvalue weighted by Crippen LogP contribution is 2.10. The quantitative estimate of drug-likeness (QED) is 0.667. The molecular formula is C13H13ClN8. The molecule has 8 nitrogen and oxygen atoms in total. The molecular weight excluding hydrogens is 304 g/mol. The van der Waals surface area contributed by atoms with Gasteiger partial charge in [0.2, 0.25) is 11.9 Å². The molecule has 0 aliphatic heterocycles. The van der Waals surface area contributed by atoms with Gasteiger partial charge in [-0.1, -0.05) is 34.9 Å². The van der Waals surface area contributed by atoms with E-state index >= 15 is 0 Å². The standard InChI is InChI=1S/C13H13ClN8/c14-10-8-17-12(18-9-10)15-6-7-16-13-19-20-21-22(13)11-4-2-1-3-5-11/h1-5,8-9H,6-7H2,(H,15,17,18)(H,16,19,21). The maximum absolute atomic E-state index is 5.73. The lowest BCUT2D eigenvalue weighted by molar-refractivity contribution is 0.789. The molecule has 1 aromatic carbocycles. The van der Waals surface area contributed by atoms with Gasteiger partial charge in [-0.15, -0.1) is 0 Å². The molecule has 0 aliphatic rings. The number of hydrogen-bond donors (Lipinski definition) is 2. The molecule has 9 heteroatoms. The molecule has 0 spiro atoms. The Kier molecular flexibility index (Phi) is 4.40. The Balaban J connectivity index is 1.54. The molecule has 3 rings (SSSR count). The van der Waals surface area contributed by atoms with Crippen molar-refractivity contribution in [2.45, 2.75) is 0 Å². The first-order valence-electron chi connectivity index (χ1n) is 6.62. The topological polar surface area (TPSA) is 93.4 Å². The van der Waals surface area contributed by atoms with E-state index in [0.29, 0.717) is 30.0 Å². The van der Waals surface area contributed by atoms with E-state index in [1.54, 1.807) is 17.1 Å². The van der Waals surface area contributed by atoms with Crippen molar-refractivity contribution in [3.05, 3.63) is 47.7 Å². The van der Waals surface area contributed by atoms with Crippen LogP contribution in [-0.2, 0) is 0 Å². The third kappa shape index (κ3) is 3.47. The Bertz CT molecular complexity index is 712. The first kappa shape index (κ1) is 14.2. The molecule has 0 saturated heterocycles.